The van der Waals surface area contributed by atoms with E-state index in [1.165, 1.54) is 0 Å². The van der Waals surface area contributed by atoms with Crippen molar-refractivity contribution in [1.82, 2.24) is 9.88 Å². The maximum atomic E-state index is 12.6. The van der Waals surface area contributed by atoms with Crippen LogP contribution in [0.2, 0.25) is 5.02 Å². The molecule has 0 atom stereocenters. The van der Waals surface area contributed by atoms with E-state index < -0.39 is 0 Å². The first-order valence-electron chi connectivity index (χ1n) is 9.10. The number of nitrogens with one attached hydrogen (secondary N) is 1. The van der Waals surface area contributed by atoms with Gasteiger partial charge in [-0.05, 0) is 54.5 Å². The molecule has 4 nitrogen and oxygen atoms in total. The Morgan fingerprint density at radius 2 is 1.86 bits per heavy atom. The Kier molecular flexibility index (Phi) is 6.42. The minimum absolute atomic E-state index is 0.133. The minimum Gasteiger partial charge on any atom is -0.337 e. The third-order valence-electron chi connectivity index (χ3n) is 5.07. The Balaban J connectivity index is 1.87. The van der Waals surface area contributed by atoms with Crippen molar-refractivity contribution in [2.24, 2.45) is 0 Å². The molecule has 0 spiro atoms. The maximum Gasteiger partial charge on any atom is 0.253 e. The molecular weight excluding hydrogens is 395 g/mol. The molecule has 0 unspecified atom stereocenters. The van der Waals surface area contributed by atoms with E-state index in [-0.39, 0.29) is 23.9 Å². The van der Waals surface area contributed by atoms with Crippen molar-refractivity contribution in [2.45, 2.75) is 26.8 Å². The average molecular weight is 417 g/mol. The van der Waals surface area contributed by atoms with Crippen LogP contribution in [-0.4, -0.2) is 28.2 Å². The number of aryl methyl sites for hydroxylation is 2. The van der Waals surface area contributed by atoms with Crippen LogP contribution in [0.1, 0.15) is 22.3 Å². The van der Waals surface area contributed by atoms with Crippen LogP contribution < -0.4 is 5.56 Å². The third kappa shape index (κ3) is 4.40. The van der Waals surface area contributed by atoms with Crippen LogP contribution in [0.5, 0.6) is 0 Å². The monoisotopic (exact) mass is 416 g/mol. The van der Waals surface area contributed by atoms with Gasteiger partial charge in [0.05, 0.1) is 12.1 Å². The van der Waals surface area contributed by atoms with Crippen molar-refractivity contribution in [3.8, 4) is 0 Å². The first-order valence-corrected chi connectivity index (χ1v) is 10.0. The molecule has 1 N–H and O–H groups in total. The van der Waals surface area contributed by atoms with E-state index in [0.717, 1.165) is 27.6 Å². The Morgan fingerprint density at radius 1 is 1.11 bits per heavy atom. The first kappa shape index (κ1) is 20.4. The number of carbonyl (C=O) groups is 1. The predicted octanol–water partition coefficient (Wildman–Crippen LogP) is 4.61. The number of halogens is 2. The number of carbonyl (C=O) groups excluding carboxylic acids is 1. The number of H-pyrrole nitrogens is 1. The number of aromatic nitrogens is 1. The fourth-order valence-electron chi connectivity index (χ4n) is 3.23. The summed E-state index contributed by atoms with van der Waals surface area (Å²) in [6, 6.07) is 13.4. The number of pyridine rings is 1. The van der Waals surface area contributed by atoms with E-state index in [2.05, 4.69) is 4.98 Å². The molecule has 0 saturated heterocycles. The predicted molar refractivity (Wildman–Crippen MR) is 115 cm³/mol. The molecule has 3 rings (SSSR count). The second kappa shape index (κ2) is 8.80. The van der Waals surface area contributed by atoms with Gasteiger partial charge in [-0.15, -0.1) is 11.6 Å². The summed E-state index contributed by atoms with van der Waals surface area (Å²) in [5, 5.41) is 1.61. The van der Waals surface area contributed by atoms with E-state index in [4.69, 9.17) is 23.2 Å². The van der Waals surface area contributed by atoms with Crippen LogP contribution in [-0.2, 0) is 17.8 Å². The number of fused-ring (bicyclic) bond motifs is 1. The zero-order valence-electron chi connectivity index (χ0n) is 15.9. The number of nitrogens with zero attached hydrogens (tertiary/aromatic N) is 1. The van der Waals surface area contributed by atoms with Gasteiger partial charge in [0.25, 0.3) is 5.56 Å². The van der Waals surface area contributed by atoms with Gasteiger partial charge in [0, 0.05) is 17.1 Å². The lowest BCUT2D eigenvalue weighted by molar-refractivity contribution is -0.129. The SMILES string of the molecule is Cc1ccc2cc(CN(CCc3ccccc3Cl)C(=O)CCl)c(=O)[nH]c2c1C. The van der Waals surface area contributed by atoms with Gasteiger partial charge in [-0.2, -0.15) is 0 Å². The van der Waals surface area contributed by atoms with Gasteiger partial charge in [0.15, 0.2) is 0 Å². The van der Waals surface area contributed by atoms with Gasteiger partial charge in [0.2, 0.25) is 5.91 Å². The third-order valence-corrected chi connectivity index (χ3v) is 5.66. The van der Waals surface area contributed by atoms with Gasteiger partial charge in [-0.3, -0.25) is 9.59 Å². The molecule has 0 fully saturated rings. The molecule has 28 heavy (non-hydrogen) atoms. The summed E-state index contributed by atoms with van der Waals surface area (Å²) in [6.07, 6.45) is 0.589. The quantitative estimate of drug-likeness (QED) is 0.596. The number of benzene rings is 2. The Labute approximate surface area is 174 Å². The lowest BCUT2D eigenvalue weighted by Gasteiger charge is -2.22. The topological polar surface area (TPSA) is 53.2 Å². The second-order valence-electron chi connectivity index (χ2n) is 6.89. The molecule has 146 valence electrons. The van der Waals surface area contributed by atoms with Crippen LogP contribution in [0.15, 0.2) is 47.3 Å². The zero-order valence-corrected chi connectivity index (χ0v) is 17.4. The lowest BCUT2D eigenvalue weighted by Crippen LogP contribution is -2.35. The number of hydrogen-bond donors (Lipinski definition) is 1. The van der Waals surface area contributed by atoms with Crippen LogP contribution in [0.25, 0.3) is 10.9 Å². The van der Waals surface area contributed by atoms with Crippen molar-refractivity contribution < 1.29 is 4.79 Å². The normalized spacial score (nSPS) is 11.0. The standard InChI is InChI=1S/C22H22Cl2N2O2/c1-14-7-8-17-11-18(22(28)25-21(17)15(14)2)13-26(20(27)12-23)10-9-16-5-3-4-6-19(16)24/h3-8,11H,9-10,12-13H2,1-2H3,(H,25,28). The smallest absolute Gasteiger partial charge is 0.253 e. The summed E-state index contributed by atoms with van der Waals surface area (Å²) in [7, 11) is 0. The molecule has 0 aliphatic carbocycles. The number of alkyl halides is 1. The minimum atomic E-state index is -0.215. The molecular formula is C22H22Cl2N2O2. The molecule has 3 aromatic rings. The fraction of sp³-hybridized carbons (Fsp3) is 0.273. The Bertz CT molecular complexity index is 1080. The number of amides is 1. The highest BCUT2D eigenvalue weighted by molar-refractivity contribution is 6.31. The molecule has 0 aliphatic heterocycles. The van der Waals surface area contributed by atoms with Crippen LogP contribution >= 0.6 is 23.2 Å². The highest BCUT2D eigenvalue weighted by Gasteiger charge is 2.16. The van der Waals surface area contributed by atoms with Crippen molar-refractivity contribution >= 4 is 40.0 Å². The van der Waals surface area contributed by atoms with Crippen molar-refractivity contribution in [1.29, 1.82) is 0 Å². The van der Waals surface area contributed by atoms with Gasteiger partial charge >= 0.3 is 0 Å². The highest BCUT2D eigenvalue weighted by atomic mass is 35.5. The number of hydrogen-bond acceptors (Lipinski definition) is 2. The summed E-state index contributed by atoms with van der Waals surface area (Å²) in [5.74, 6) is -0.347. The van der Waals surface area contributed by atoms with E-state index in [9.17, 15) is 9.59 Å². The zero-order chi connectivity index (χ0) is 20.3. The molecule has 1 heterocycles. The van der Waals surface area contributed by atoms with Gasteiger partial charge in [0.1, 0.15) is 5.88 Å². The molecule has 2 aromatic carbocycles. The van der Waals surface area contributed by atoms with Crippen LogP contribution in [0.3, 0.4) is 0 Å². The summed E-state index contributed by atoms with van der Waals surface area (Å²) in [4.78, 5) is 29.5. The second-order valence-corrected chi connectivity index (χ2v) is 7.56. The van der Waals surface area contributed by atoms with Gasteiger partial charge < -0.3 is 9.88 Å². The molecule has 0 aliphatic rings. The van der Waals surface area contributed by atoms with E-state index in [1.807, 2.05) is 56.3 Å². The summed E-state index contributed by atoms with van der Waals surface area (Å²) in [5.41, 5.74) is 4.30. The number of rotatable bonds is 6. The van der Waals surface area contributed by atoms with Crippen molar-refractivity contribution in [3.63, 3.8) is 0 Å². The van der Waals surface area contributed by atoms with Crippen molar-refractivity contribution in [3.05, 3.63) is 80.1 Å². The van der Waals surface area contributed by atoms with Crippen LogP contribution in [0, 0.1) is 13.8 Å². The molecule has 0 radical (unpaired) electrons. The largest absolute Gasteiger partial charge is 0.337 e. The molecule has 1 amide bonds. The van der Waals surface area contributed by atoms with E-state index in [1.54, 1.807) is 4.90 Å². The van der Waals surface area contributed by atoms with E-state index >= 15 is 0 Å². The first-order chi connectivity index (χ1) is 13.4. The molecule has 1 aromatic heterocycles. The molecule has 6 heteroatoms. The fourth-order valence-corrected chi connectivity index (χ4v) is 3.63. The number of aromatic amines is 1. The molecule has 0 saturated carbocycles. The Morgan fingerprint density at radius 3 is 2.57 bits per heavy atom. The highest BCUT2D eigenvalue weighted by Crippen LogP contribution is 2.20. The van der Waals surface area contributed by atoms with Gasteiger partial charge in [-0.1, -0.05) is 41.9 Å². The summed E-state index contributed by atoms with van der Waals surface area (Å²) in [6.45, 7) is 4.63. The summed E-state index contributed by atoms with van der Waals surface area (Å²) < 4.78 is 0. The summed E-state index contributed by atoms with van der Waals surface area (Å²) >= 11 is 12.0. The van der Waals surface area contributed by atoms with Gasteiger partial charge in [-0.25, -0.2) is 0 Å². The Hall–Kier alpha value is -2.30. The molecule has 0 bridgehead atoms. The van der Waals surface area contributed by atoms with Crippen LogP contribution in [0.4, 0.5) is 0 Å². The van der Waals surface area contributed by atoms with Crippen molar-refractivity contribution in [2.75, 3.05) is 12.4 Å². The van der Waals surface area contributed by atoms with E-state index in [0.29, 0.717) is 23.6 Å². The lowest BCUT2D eigenvalue weighted by atomic mass is 10.0. The maximum absolute atomic E-state index is 12.6. The average Bonchev–Trinajstić information content (AvgIpc) is 2.69.